The zero-order chi connectivity index (χ0) is 15.5. The maximum absolute atomic E-state index is 11.8. The van der Waals surface area contributed by atoms with Crippen molar-refractivity contribution >= 4 is 5.91 Å². The molecule has 1 aliphatic carbocycles. The molecule has 1 amide bonds. The van der Waals surface area contributed by atoms with Crippen molar-refractivity contribution < 1.29 is 4.79 Å². The summed E-state index contributed by atoms with van der Waals surface area (Å²) in [6, 6.07) is 0.269. The Kier molecular flexibility index (Phi) is 5.31. The van der Waals surface area contributed by atoms with Gasteiger partial charge in [-0.3, -0.25) is 4.79 Å². The second kappa shape index (κ2) is 6.66. The fourth-order valence-electron chi connectivity index (χ4n) is 4.16. The molecule has 1 spiro atoms. The Bertz CT molecular complexity index is 353. The van der Waals surface area contributed by atoms with Gasteiger partial charge in [0.15, 0.2) is 0 Å². The minimum Gasteiger partial charge on any atom is -0.368 e. The van der Waals surface area contributed by atoms with Gasteiger partial charge in [-0.25, -0.2) is 0 Å². The molecule has 0 aromatic rings. The largest absolute Gasteiger partial charge is 0.368 e. The van der Waals surface area contributed by atoms with Gasteiger partial charge in [0.25, 0.3) is 0 Å². The van der Waals surface area contributed by atoms with Crippen molar-refractivity contribution in [3.05, 3.63) is 0 Å². The van der Waals surface area contributed by atoms with E-state index in [-0.39, 0.29) is 11.9 Å². The summed E-state index contributed by atoms with van der Waals surface area (Å²) >= 11 is 0. The topological polar surface area (TPSA) is 58.4 Å². The second-order valence-corrected chi connectivity index (χ2v) is 7.79. The normalized spacial score (nSPS) is 25.3. The van der Waals surface area contributed by atoms with Crippen molar-refractivity contribution in [2.45, 2.75) is 77.3 Å². The van der Waals surface area contributed by atoms with Crippen LogP contribution in [0.5, 0.6) is 0 Å². The number of carbonyl (C=O) groups is 1. The van der Waals surface area contributed by atoms with Crippen LogP contribution in [0.2, 0.25) is 0 Å². The lowest BCUT2D eigenvalue weighted by Gasteiger charge is -2.40. The van der Waals surface area contributed by atoms with Crippen molar-refractivity contribution in [1.82, 2.24) is 10.2 Å². The van der Waals surface area contributed by atoms with E-state index < -0.39 is 5.54 Å². The molecule has 1 aliphatic heterocycles. The van der Waals surface area contributed by atoms with Gasteiger partial charge in [0, 0.05) is 12.6 Å². The van der Waals surface area contributed by atoms with Crippen LogP contribution in [0.4, 0.5) is 0 Å². The number of carbonyl (C=O) groups excluding carboxylic acids is 1. The maximum Gasteiger partial charge on any atom is 0.237 e. The quantitative estimate of drug-likeness (QED) is 0.790. The van der Waals surface area contributed by atoms with Crippen molar-refractivity contribution in [3.8, 4) is 0 Å². The van der Waals surface area contributed by atoms with Crippen LogP contribution in [0.25, 0.3) is 0 Å². The summed E-state index contributed by atoms with van der Waals surface area (Å²) in [6.07, 6.45) is 9.23. The monoisotopic (exact) mass is 295 g/mol. The highest BCUT2D eigenvalue weighted by Crippen LogP contribution is 2.46. The lowest BCUT2D eigenvalue weighted by Crippen LogP contribution is -2.57. The van der Waals surface area contributed by atoms with Crippen LogP contribution in [0.15, 0.2) is 0 Å². The molecular weight excluding hydrogens is 262 g/mol. The van der Waals surface area contributed by atoms with Crippen LogP contribution < -0.4 is 11.1 Å². The van der Waals surface area contributed by atoms with E-state index in [1.165, 1.54) is 51.6 Å². The van der Waals surface area contributed by atoms with E-state index in [9.17, 15) is 4.79 Å². The Morgan fingerprint density at radius 3 is 2.29 bits per heavy atom. The van der Waals surface area contributed by atoms with Crippen LogP contribution in [-0.4, -0.2) is 42.0 Å². The number of nitrogens with one attached hydrogen (secondary N) is 1. The fraction of sp³-hybridized carbons (Fsp3) is 0.941. The molecule has 1 atom stereocenters. The molecular formula is C17H33N3O. The molecule has 3 N–H and O–H groups in total. The van der Waals surface area contributed by atoms with E-state index in [4.69, 9.17) is 5.73 Å². The summed E-state index contributed by atoms with van der Waals surface area (Å²) in [5.41, 5.74) is 5.69. The van der Waals surface area contributed by atoms with Gasteiger partial charge in [-0.05, 0) is 71.4 Å². The number of hydrogen-bond acceptors (Lipinski definition) is 3. The first kappa shape index (κ1) is 16.8. The van der Waals surface area contributed by atoms with Gasteiger partial charge in [0.2, 0.25) is 5.91 Å². The van der Waals surface area contributed by atoms with Crippen LogP contribution in [0.3, 0.4) is 0 Å². The first-order chi connectivity index (χ1) is 9.85. The van der Waals surface area contributed by atoms with Crippen LogP contribution in [0.1, 0.15) is 65.7 Å². The number of primary amides is 1. The molecule has 2 rings (SSSR count). The molecule has 0 radical (unpaired) electrons. The summed E-state index contributed by atoms with van der Waals surface area (Å²) < 4.78 is 0. The van der Waals surface area contributed by atoms with Crippen LogP contribution in [-0.2, 0) is 4.79 Å². The van der Waals surface area contributed by atoms with Crippen molar-refractivity contribution in [2.75, 3.05) is 19.6 Å². The van der Waals surface area contributed by atoms with Gasteiger partial charge < -0.3 is 16.0 Å². The smallest absolute Gasteiger partial charge is 0.237 e. The summed E-state index contributed by atoms with van der Waals surface area (Å²) in [5, 5.41) is 3.34. The molecule has 4 heteroatoms. The molecule has 1 unspecified atom stereocenters. The highest BCUT2D eigenvalue weighted by Gasteiger charge is 2.38. The predicted molar refractivity (Wildman–Crippen MR) is 87.1 cm³/mol. The zero-order valence-electron chi connectivity index (χ0n) is 14.1. The Balaban J connectivity index is 1.81. The van der Waals surface area contributed by atoms with Crippen molar-refractivity contribution in [3.63, 3.8) is 0 Å². The molecule has 122 valence electrons. The number of hydrogen-bond donors (Lipinski definition) is 2. The molecule has 2 fully saturated rings. The van der Waals surface area contributed by atoms with Crippen molar-refractivity contribution in [2.24, 2.45) is 11.1 Å². The van der Waals surface area contributed by atoms with Gasteiger partial charge in [-0.1, -0.05) is 12.8 Å². The number of amides is 1. The minimum atomic E-state index is -0.587. The standard InChI is InChI=1S/C17H33N3O/c1-14(2)19-16(3,15(18)21)8-11-20-12-9-17(10-13-20)6-4-5-7-17/h14,19H,4-13H2,1-3H3,(H2,18,21). The number of likely N-dealkylation sites (tertiary alicyclic amines) is 1. The fourth-order valence-corrected chi connectivity index (χ4v) is 4.16. The third-order valence-electron chi connectivity index (χ3n) is 5.66. The summed E-state index contributed by atoms with van der Waals surface area (Å²) in [7, 11) is 0. The van der Waals surface area contributed by atoms with E-state index in [0.717, 1.165) is 13.0 Å². The van der Waals surface area contributed by atoms with Gasteiger partial charge in [-0.2, -0.15) is 0 Å². The van der Waals surface area contributed by atoms with Crippen molar-refractivity contribution in [1.29, 1.82) is 0 Å². The molecule has 1 saturated heterocycles. The predicted octanol–water partition coefficient (Wildman–Crippen LogP) is 2.27. The van der Waals surface area contributed by atoms with Gasteiger partial charge >= 0.3 is 0 Å². The number of nitrogens with two attached hydrogens (primary N) is 1. The maximum atomic E-state index is 11.8. The number of rotatable bonds is 6. The molecule has 0 aromatic heterocycles. The van der Waals surface area contributed by atoms with E-state index in [1.54, 1.807) is 0 Å². The second-order valence-electron chi connectivity index (χ2n) is 7.79. The summed E-state index contributed by atoms with van der Waals surface area (Å²) in [6.45, 7) is 9.41. The number of piperidine rings is 1. The SMILES string of the molecule is CC(C)NC(C)(CCN1CCC2(CCCC2)CC1)C(N)=O. The Labute approximate surface area is 129 Å². The lowest BCUT2D eigenvalue weighted by molar-refractivity contribution is -0.124. The molecule has 0 aromatic carbocycles. The minimum absolute atomic E-state index is 0.236. The zero-order valence-corrected chi connectivity index (χ0v) is 14.1. The molecule has 21 heavy (non-hydrogen) atoms. The Morgan fingerprint density at radius 2 is 1.81 bits per heavy atom. The summed E-state index contributed by atoms with van der Waals surface area (Å²) in [4.78, 5) is 14.3. The highest BCUT2D eigenvalue weighted by molar-refractivity contribution is 5.84. The van der Waals surface area contributed by atoms with Crippen LogP contribution >= 0.6 is 0 Å². The van der Waals surface area contributed by atoms with E-state index in [2.05, 4.69) is 24.1 Å². The first-order valence-electron chi connectivity index (χ1n) is 8.65. The van der Waals surface area contributed by atoms with Gasteiger partial charge in [0.05, 0.1) is 5.54 Å². The molecule has 1 saturated carbocycles. The number of nitrogens with zero attached hydrogens (tertiary/aromatic N) is 1. The Morgan fingerprint density at radius 1 is 1.24 bits per heavy atom. The van der Waals surface area contributed by atoms with Gasteiger partial charge in [-0.15, -0.1) is 0 Å². The van der Waals surface area contributed by atoms with Crippen LogP contribution in [0, 0.1) is 5.41 Å². The third kappa shape index (κ3) is 4.19. The summed E-state index contributed by atoms with van der Waals surface area (Å²) in [5.74, 6) is -0.236. The third-order valence-corrected chi connectivity index (χ3v) is 5.66. The average molecular weight is 295 g/mol. The molecule has 0 bridgehead atoms. The Hall–Kier alpha value is -0.610. The van der Waals surface area contributed by atoms with Gasteiger partial charge in [0.1, 0.15) is 0 Å². The van der Waals surface area contributed by atoms with E-state index >= 15 is 0 Å². The molecule has 2 aliphatic rings. The lowest BCUT2D eigenvalue weighted by atomic mass is 9.77. The molecule has 4 nitrogen and oxygen atoms in total. The highest BCUT2D eigenvalue weighted by atomic mass is 16.1. The average Bonchev–Trinajstić information content (AvgIpc) is 2.86. The van der Waals surface area contributed by atoms with E-state index in [0.29, 0.717) is 5.41 Å². The first-order valence-corrected chi connectivity index (χ1v) is 8.65. The van der Waals surface area contributed by atoms with E-state index in [1.807, 2.05) is 6.92 Å². The molecule has 1 heterocycles.